The molecule has 0 heterocycles. The molecule has 0 saturated carbocycles. The van der Waals surface area contributed by atoms with Crippen molar-refractivity contribution in [3.05, 3.63) is 60.7 Å². The Morgan fingerprint density at radius 1 is 0.739 bits per heavy atom. The molecule has 0 aliphatic heterocycles. The Hall–Kier alpha value is -0.905. The van der Waals surface area contributed by atoms with Gasteiger partial charge in [0.25, 0.3) is 0 Å². The van der Waals surface area contributed by atoms with Crippen LogP contribution in [0.5, 0.6) is 0 Å². The van der Waals surface area contributed by atoms with E-state index in [9.17, 15) is 0 Å². The van der Waals surface area contributed by atoms with E-state index in [1.54, 1.807) is 21.3 Å². The van der Waals surface area contributed by atoms with Crippen LogP contribution >= 0.6 is 0 Å². The summed E-state index contributed by atoms with van der Waals surface area (Å²) in [5, 5.41) is 1.19. The third kappa shape index (κ3) is 5.03. The molecule has 5 heteroatoms. The molecule has 2 rings (SSSR count). The Labute approximate surface area is 145 Å². The third-order valence-corrected chi connectivity index (χ3v) is 12.2. The summed E-state index contributed by atoms with van der Waals surface area (Å²) in [6.07, 6.45) is 1.06. The SMILES string of the molecule is CO[Si](CCC[As](c1ccccc1)c1ccccc1)(OC)OC. The van der Waals surface area contributed by atoms with E-state index in [1.165, 1.54) is 13.9 Å². The molecule has 0 aromatic heterocycles. The molecule has 23 heavy (non-hydrogen) atoms. The van der Waals surface area contributed by atoms with E-state index in [-0.39, 0.29) is 0 Å². The van der Waals surface area contributed by atoms with Gasteiger partial charge in [-0.15, -0.1) is 0 Å². The van der Waals surface area contributed by atoms with Gasteiger partial charge in [-0.05, 0) is 0 Å². The average Bonchev–Trinajstić information content (AvgIpc) is 2.64. The van der Waals surface area contributed by atoms with Gasteiger partial charge in [-0.3, -0.25) is 0 Å². The summed E-state index contributed by atoms with van der Waals surface area (Å²) in [5.74, 6) is 0. The molecule has 2 aromatic rings. The van der Waals surface area contributed by atoms with Crippen molar-refractivity contribution in [2.75, 3.05) is 21.3 Å². The Balaban J connectivity index is 2.11. The monoisotopic (exact) mass is 392 g/mol. The van der Waals surface area contributed by atoms with E-state index in [0.29, 0.717) is 0 Å². The van der Waals surface area contributed by atoms with Crippen LogP contribution < -0.4 is 8.70 Å². The molecule has 0 fully saturated rings. The minimum absolute atomic E-state index is 0.863. The van der Waals surface area contributed by atoms with Crippen LogP contribution in [0, 0.1) is 0 Å². The van der Waals surface area contributed by atoms with Gasteiger partial charge in [0, 0.05) is 0 Å². The second-order valence-electron chi connectivity index (χ2n) is 5.22. The van der Waals surface area contributed by atoms with Crippen molar-refractivity contribution >= 4 is 32.2 Å². The molecular weight excluding hydrogens is 367 g/mol. The molecule has 2 aromatic carbocycles. The first-order valence-electron chi connectivity index (χ1n) is 7.78. The summed E-state index contributed by atoms with van der Waals surface area (Å²) >= 11 is -1.30. The van der Waals surface area contributed by atoms with Gasteiger partial charge < -0.3 is 0 Å². The van der Waals surface area contributed by atoms with E-state index in [2.05, 4.69) is 60.7 Å². The van der Waals surface area contributed by atoms with Gasteiger partial charge in [0.2, 0.25) is 0 Å². The van der Waals surface area contributed by atoms with Crippen LogP contribution in [0.15, 0.2) is 60.7 Å². The summed E-state index contributed by atoms with van der Waals surface area (Å²) in [6.45, 7) is 0. The minimum atomic E-state index is -2.46. The third-order valence-electron chi connectivity index (χ3n) is 3.93. The fraction of sp³-hybridized carbons (Fsp3) is 0.333. The van der Waals surface area contributed by atoms with Crippen molar-refractivity contribution in [3.63, 3.8) is 0 Å². The van der Waals surface area contributed by atoms with Gasteiger partial charge in [0.15, 0.2) is 0 Å². The molecule has 0 spiro atoms. The van der Waals surface area contributed by atoms with Crippen molar-refractivity contribution in [2.24, 2.45) is 0 Å². The van der Waals surface area contributed by atoms with Crippen LogP contribution in [0.2, 0.25) is 11.3 Å². The number of rotatable bonds is 9. The molecular formula is C18H25AsO3Si. The van der Waals surface area contributed by atoms with E-state index in [1.807, 2.05) is 0 Å². The van der Waals surface area contributed by atoms with Gasteiger partial charge in [-0.2, -0.15) is 0 Å². The fourth-order valence-corrected chi connectivity index (χ4v) is 9.94. The quantitative estimate of drug-likeness (QED) is 0.614. The molecule has 0 unspecified atom stereocenters. The second kappa shape index (κ2) is 9.41. The second-order valence-corrected chi connectivity index (χ2v) is 13.2. The molecule has 0 N–H and O–H groups in total. The summed E-state index contributed by atoms with van der Waals surface area (Å²) in [5.41, 5.74) is 0. The summed E-state index contributed by atoms with van der Waals surface area (Å²) in [4.78, 5) is 0. The van der Waals surface area contributed by atoms with Crippen LogP contribution in [0.25, 0.3) is 0 Å². The van der Waals surface area contributed by atoms with Gasteiger partial charge in [-0.1, -0.05) is 0 Å². The van der Waals surface area contributed by atoms with Gasteiger partial charge in [0.1, 0.15) is 0 Å². The van der Waals surface area contributed by atoms with Crippen LogP contribution in [0.1, 0.15) is 6.42 Å². The zero-order valence-corrected chi connectivity index (χ0v) is 16.9. The summed E-state index contributed by atoms with van der Waals surface area (Å²) < 4.78 is 19.6. The summed E-state index contributed by atoms with van der Waals surface area (Å²) in [6, 6.07) is 22.6. The Morgan fingerprint density at radius 3 is 1.57 bits per heavy atom. The molecule has 0 aliphatic rings. The maximum absolute atomic E-state index is 5.54. The van der Waals surface area contributed by atoms with Crippen molar-refractivity contribution in [1.29, 1.82) is 0 Å². The van der Waals surface area contributed by atoms with Crippen molar-refractivity contribution in [1.82, 2.24) is 0 Å². The van der Waals surface area contributed by atoms with Crippen molar-refractivity contribution in [2.45, 2.75) is 17.7 Å². The molecule has 3 nitrogen and oxygen atoms in total. The maximum atomic E-state index is 5.54. The number of hydrogen-bond donors (Lipinski definition) is 0. The molecule has 0 radical (unpaired) electrons. The first kappa shape index (κ1) is 18.4. The first-order valence-corrected chi connectivity index (χ1v) is 12.9. The zero-order valence-electron chi connectivity index (χ0n) is 14.1. The van der Waals surface area contributed by atoms with E-state index < -0.39 is 23.5 Å². The van der Waals surface area contributed by atoms with E-state index in [0.717, 1.165) is 12.5 Å². The van der Waals surface area contributed by atoms with Crippen LogP contribution in [0.4, 0.5) is 0 Å². The average molecular weight is 392 g/mol. The predicted molar refractivity (Wildman–Crippen MR) is 98.9 cm³/mol. The normalized spacial score (nSPS) is 11.8. The van der Waals surface area contributed by atoms with Crippen LogP contribution in [-0.4, -0.2) is 44.8 Å². The molecule has 124 valence electrons. The van der Waals surface area contributed by atoms with Gasteiger partial charge in [-0.25, -0.2) is 0 Å². The number of benzene rings is 2. The molecule has 0 aliphatic carbocycles. The molecule has 0 amide bonds. The number of hydrogen-bond acceptors (Lipinski definition) is 3. The standard InChI is InChI=1S/C18H25AsO3Si/c1-20-23(21-2,22-3)16-10-15-19(17-11-6-4-7-12-17)18-13-8-5-9-14-18/h4-9,11-14H,10,15-16H2,1-3H3. The van der Waals surface area contributed by atoms with Crippen LogP contribution in [0.3, 0.4) is 0 Å². The molecule has 0 bridgehead atoms. The first-order chi connectivity index (χ1) is 11.2. The molecule has 0 atom stereocenters. The van der Waals surface area contributed by atoms with E-state index in [4.69, 9.17) is 13.3 Å². The Bertz CT molecular complexity index is 513. The molecule has 0 saturated heterocycles. The Kier molecular flexibility index (Phi) is 7.54. The van der Waals surface area contributed by atoms with Crippen molar-refractivity contribution < 1.29 is 13.3 Å². The fourth-order valence-electron chi connectivity index (χ4n) is 2.63. The predicted octanol–water partition coefficient (Wildman–Crippen LogP) is 2.56. The summed E-state index contributed by atoms with van der Waals surface area (Å²) in [7, 11) is 2.59. The van der Waals surface area contributed by atoms with Crippen LogP contribution in [-0.2, 0) is 13.3 Å². The van der Waals surface area contributed by atoms with Gasteiger partial charge >= 0.3 is 145 Å². The van der Waals surface area contributed by atoms with E-state index >= 15 is 0 Å². The Morgan fingerprint density at radius 2 is 1.17 bits per heavy atom. The van der Waals surface area contributed by atoms with Crippen molar-refractivity contribution in [3.8, 4) is 0 Å². The van der Waals surface area contributed by atoms with Gasteiger partial charge in [0.05, 0.1) is 0 Å². The topological polar surface area (TPSA) is 27.7 Å². The zero-order chi connectivity index (χ0) is 16.5.